The van der Waals surface area contributed by atoms with Gasteiger partial charge in [0.1, 0.15) is 12.7 Å². The lowest BCUT2D eigenvalue weighted by Gasteiger charge is -2.32. The van der Waals surface area contributed by atoms with E-state index in [4.69, 9.17) is 0 Å². The van der Waals surface area contributed by atoms with Crippen LogP contribution in [0.1, 0.15) is 57.1 Å². The lowest BCUT2D eigenvalue weighted by molar-refractivity contribution is -0.154. The summed E-state index contributed by atoms with van der Waals surface area (Å²) in [5.41, 5.74) is 0.936. The zero-order valence-electron chi connectivity index (χ0n) is 14.9. The number of carboxylic acid groups (broad SMARTS) is 1. The normalized spacial score (nSPS) is 17.4. The monoisotopic (exact) mass is 356 g/mol. The molecule has 0 saturated heterocycles. The van der Waals surface area contributed by atoms with Crippen LogP contribution in [0.4, 0.5) is 0 Å². The first-order chi connectivity index (χ1) is 12.5. The van der Waals surface area contributed by atoms with Crippen LogP contribution in [0.25, 0.3) is 5.69 Å². The van der Waals surface area contributed by atoms with E-state index in [9.17, 15) is 14.7 Å². The molecule has 7 nitrogen and oxygen atoms in total. The van der Waals surface area contributed by atoms with Gasteiger partial charge >= 0.3 is 5.97 Å². The molecular weight excluding hydrogens is 332 g/mol. The van der Waals surface area contributed by atoms with Crippen molar-refractivity contribution in [1.82, 2.24) is 20.1 Å². The molecular formula is C19H24N4O3. The molecule has 2 N–H and O–H groups in total. The Morgan fingerprint density at radius 3 is 2.50 bits per heavy atom. The molecule has 0 aliphatic heterocycles. The molecule has 0 bridgehead atoms. The van der Waals surface area contributed by atoms with Gasteiger partial charge in [0.05, 0.1) is 17.1 Å². The molecule has 0 unspecified atom stereocenters. The molecule has 2 aromatic rings. The van der Waals surface area contributed by atoms with Gasteiger partial charge in [-0.2, -0.15) is 5.10 Å². The molecule has 7 heteroatoms. The van der Waals surface area contributed by atoms with E-state index >= 15 is 0 Å². The summed E-state index contributed by atoms with van der Waals surface area (Å²) >= 11 is 0. The first-order valence-electron chi connectivity index (χ1n) is 8.98. The highest BCUT2D eigenvalue weighted by molar-refractivity contribution is 5.85. The minimum atomic E-state index is -0.904. The van der Waals surface area contributed by atoms with Gasteiger partial charge in [0, 0.05) is 6.42 Å². The number of amides is 1. The first kappa shape index (κ1) is 18.1. The van der Waals surface area contributed by atoms with Crippen molar-refractivity contribution in [2.75, 3.05) is 0 Å². The molecule has 3 rings (SSSR count). The zero-order chi connectivity index (χ0) is 18.6. The number of carbonyl (C=O) groups excluding carboxylic acids is 1. The average molecular weight is 356 g/mol. The van der Waals surface area contributed by atoms with Crippen molar-refractivity contribution in [1.29, 1.82) is 0 Å². The van der Waals surface area contributed by atoms with E-state index < -0.39 is 11.4 Å². The Kier molecular flexibility index (Phi) is 5.35. The summed E-state index contributed by atoms with van der Waals surface area (Å²) < 4.78 is 1.66. The van der Waals surface area contributed by atoms with Crippen LogP contribution in [-0.4, -0.2) is 31.7 Å². The zero-order valence-corrected chi connectivity index (χ0v) is 14.9. The minimum absolute atomic E-state index is 0.0454. The number of carboxylic acids is 1. The fourth-order valence-electron chi connectivity index (χ4n) is 3.64. The first-order valence-corrected chi connectivity index (χ1v) is 8.98. The molecule has 1 aromatic heterocycles. The predicted octanol–water partition coefficient (Wildman–Crippen LogP) is 2.87. The fraction of sp³-hybridized carbons (Fsp3) is 0.474. The fourth-order valence-corrected chi connectivity index (χ4v) is 3.64. The summed E-state index contributed by atoms with van der Waals surface area (Å²) in [4.78, 5) is 28.1. The third kappa shape index (κ3) is 3.92. The van der Waals surface area contributed by atoms with Gasteiger partial charge in [-0.05, 0) is 37.5 Å². The Hall–Kier alpha value is -2.70. The van der Waals surface area contributed by atoms with Crippen LogP contribution in [0.3, 0.4) is 0 Å². The van der Waals surface area contributed by atoms with Crippen LogP contribution in [0.5, 0.6) is 0 Å². The number of benzene rings is 1. The summed E-state index contributed by atoms with van der Waals surface area (Å²) in [5.74, 6) is -1.06. The Morgan fingerprint density at radius 1 is 1.23 bits per heavy atom. The minimum Gasteiger partial charge on any atom is -0.481 e. The molecule has 1 aliphatic carbocycles. The maximum Gasteiger partial charge on any atom is 0.310 e. The van der Waals surface area contributed by atoms with E-state index in [-0.39, 0.29) is 18.4 Å². The smallest absolute Gasteiger partial charge is 0.310 e. The molecule has 0 radical (unpaired) electrons. The summed E-state index contributed by atoms with van der Waals surface area (Å²) in [7, 11) is 0. The molecule has 1 aromatic carbocycles. The molecule has 1 aliphatic rings. The van der Waals surface area contributed by atoms with Crippen molar-refractivity contribution in [2.24, 2.45) is 5.41 Å². The van der Waals surface area contributed by atoms with E-state index in [0.29, 0.717) is 12.8 Å². The Balaban J connectivity index is 1.62. The molecule has 1 heterocycles. The van der Waals surface area contributed by atoms with Crippen molar-refractivity contribution >= 4 is 11.9 Å². The standard InChI is InChI=1S/C19H24N4O3/c1-14(15-5-7-16(8-6-15)23-13-20-12-21-23)22-17(24)11-19(18(25)26)9-3-2-4-10-19/h5-8,12-14H,2-4,9-11H2,1H3,(H,22,24)(H,25,26)/t14-/m0/s1. The summed E-state index contributed by atoms with van der Waals surface area (Å²) in [6.45, 7) is 1.90. The third-order valence-corrected chi connectivity index (χ3v) is 5.22. The van der Waals surface area contributed by atoms with Gasteiger partial charge in [-0.3, -0.25) is 9.59 Å². The van der Waals surface area contributed by atoms with Crippen LogP contribution in [0.15, 0.2) is 36.9 Å². The number of hydrogen-bond acceptors (Lipinski definition) is 4. The van der Waals surface area contributed by atoms with Crippen LogP contribution in [-0.2, 0) is 9.59 Å². The van der Waals surface area contributed by atoms with Gasteiger partial charge in [-0.1, -0.05) is 31.4 Å². The van der Waals surface area contributed by atoms with Gasteiger partial charge in [-0.25, -0.2) is 9.67 Å². The Bertz CT molecular complexity index is 750. The molecule has 26 heavy (non-hydrogen) atoms. The topological polar surface area (TPSA) is 97.1 Å². The van der Waals surface area contributed by atoms with Gasteiger partial charge < -0.3 is 10.4 Å². The van der Waals surface area contributed by atoms with Crippen molar-refractivity contribution in [3.63, 3.8) is 0 Å². The van der Waals surface area contributed by atoms with Gasteiger partial charge in [0.15, 0.2) is 0 Å². The molecule has 0 spiro atoms. The lowest BCUT2D eigenvalue weighted by atomic mass is 9.71. The number of rotatable bonds is 6. The highest BCUT2D eigenvalue weighted by atomic mass is 16.4. The number of aromatic nitrogens is 3. The van der Waals surface area contributed by atoms with Crippen LogP contribution in [0.2, 0.25) is 0 Å². The summed E-state index contributed by atoms with van der Waals surface area (Å²) in [6.07, 6.45) is 7.09. The quantitative estimate of drug-likeness (QED) is 0.829. The second-order valence-electron chi connectivity index (χ2n) is 7.04. The highest BCUT2D eigenvalue weighted by Gasteiger charge is 2.41. The SMILES string of the molecule is C[C@H](NC(=O)CC1(C(=O)O)CCCCC1)c1ccc(-n2cncn2)cc1. The van der Waals surface area contributed by atoms with Gasteiger partial charge in [-0.15, -0.1) is 0 Å². The lowest BCUT2D eigenvalue weighted by Crippen LogP contribution is -2.39. The molecule has 138 valence electrons. The maximum absolute atomic E-state index is 12.5. The summed E-state index contributed by atoms with van der Waals surface area (Å²) in [6, 6.07) is 7.48. The number of carbonyl (C=O) groups is 2. The van der Waals surface area contributed by atoms with E-state index in [2.05, 4.69) is 15.4 Å². The summed E-state index contributed by atoms with van der Waals surface area (Å²) in [5, 5.41) is 16.6. The number of nitrogens with zero attached hydrogens (tertiary/aromatic N) is 3. The van der Waals surface area contributed by atoms with E-state index in [1.54, 1.807) is 11.0 Å². The van der Waals surface area contributed by atoms with Crippen molar-refractivity contribution in [3.05, 3.63) is 42.5 Å². The van der Waals surface area contributed by atoms with Crippen molar-refractivity contribution in [3.8, 4) is 5.69 Å². The average Bonchev–Trinajstić information content (AvgIpc) is 3.17. The van der Waals surface area contributed by atoms with E-state index in [1.165, 1.54) is 6.33 Å². The van der Waals surface area contributed by atoms with Crippen molar-refractivity contribution < 1.29 is 14.7 Å². The number of aliphatic carboxylic acids is 1. The van der Waals surface area contributed by atoms with Crippen LogP contribution < -0.4 is 5.32 Å². The third-order valence-electron chi connectivity index (χ3n) is 5.22. The van der Waals surface area contributed by atoms with Crippen molar-refractivity contribution in [2.45, 2.75) is 51.5 Å². The maximum atomic E-state index is 12.5. The van der Waals surface area contributed by atoms with E-state index in [1.807, 2.05) is 31.2 Å². The number of hydrogen-bond donors (Lipinski definition) is 2. The largest absolute Gasteiger partial charge is 0.481 e. The number of nitrogens with one attached hydrogen (secondary N) is 1. The van der Waals surface area contributed by atoms with Crippen LogP contribution in [0, 0.1) is 5.41 Å². The Labute approximate surface area is 152 Å². The predicted molar refractivity (Wildman–Crippen MR) is 95.7 cm³/mol. The van der Waals surface area contributed by atoms with Gasteiger partial charge in [0.2, 0.25) is 5.91 Å². The molecule has 1 atom stereocenters. The van der Waals surface area contributed by atoms with Crippen LogP contribution >= 0.6 is 0 Å². The molecule has 1 amide bonds. The van der Waals surface area contributed by atoms with E-state index in [0.717, 1.165) is 30.5 Å². The second-order valence-corrected chi connectivity index (χ2v) is 7.04. The Morgan fingerprint density at radius 2 is 1.92 bits per heavy atom. The van der Waals surface area contributed by atoms with Gasteiger partial charge in [0.25, 0.3) is 0 Å². The molecule has 1 saturated carbocycles. The highest BCUT2D eigenvalue weighted by Crippen LogP contribution is 2.39. The molecule has 1 fully saturated rings. The second kappa shape index (κ2) is 7.68.